The number of aliphatic imine (C=N–C) groups is 1. The summed E-state index contributed by atoms with van der Waals surface area (Å²) in [5, 5.41) is 17.4. The smallest absolute Gasteiger partial charge is 0.276 e. The van der Waals surface area contributed by atoms with E-state index in [1.54, 1.807) is 18.3 Å². The van der Waals surface area contributed by atoms with Crippen LogP contribution in [0.5, 0.6) is 0 Å². The minimum atomic E-state index is -0.332. The number of aliphatic hydroxyl groups excluding tert-OH is 1. The second kappa shape index (κ2) is 10.5. The Hall–Kier alpha value is -3.58. The van der Waals surface area contributed by atoms with Crippen molar-refractivity contribution < 1.29 is 14.7 Å². The van der Waals surface area contributed by atoms with Gasteiger partial charge in [-0.2, -0.15) is 5.10 Å². The summed E-state index contributed by atoms with van der Waals surface area (Å²) in [6, 6.07) is 13.2. The van der Waals surface area contributed by atoms with Crippen LogP contribution in [0.4, 0.5) is 0 Å². The van der Waals surface area contributed by atoms with E-state index in [0.717, 1.165) is 47.2 Å². The maximum Gasteiger partial charge on any atom is 0.276 e. The van der Waals surface area contributed by atoms with Gasteiger partial charge in [-0.3, -0.25) is 14.7 Å². The number of H-pyrrole nitrogens is 1. The molecule has 2 aliphatic rings. The number of nitrogens with one attached hydrogen (secondary N) is 1. The van der Waals surface area contributed by atoms with Crippen molar-refractivity contribution in [3.63, 3.8) is 0 Å². The normalized spacial score (nSPS) is 17.6. The van der Waals surface area contributed by atoms with E-state index < -0.39 is 0 Å². The zero-order chi connectivity index (χ0) is 27.9. The highest BCUT2D eigenvalue weighted by molar-refractivity contribution is 6.00. The molecule has 3 aromatic rings. The molecule has 0 spiro atoms. The molecular weight excluding hydrogens is 488 g/mol. The van der Waals surface area contributed by atoms with Gasteiger partial charge >= 0.3 is 0 Å². The largest absolute Gasteiger partial charge is 0.396 e. The van der Waals surface area contributed by atoms with Crippen molar-refractivity contribution >= 4 is 18.0 Å². The third-order valence-electron chi connectivity index (χ3n) is 7.99. The number of hydrogen-bond acceptors (Lipinski definition) is 4. The van der Waals surface area contributed by atoms with Crippen molar-refractivity contribution in [3.8, 4) is 11.3 Å². The van der Waals surface area contributed by atoms with Crippen molar-refractivity contribution in [1.82, 2.24) is 15.1 Å². The van der Waals surface area contributed by atoms with Crippen LogP contribution in [0.1, 0.15) is 90.2 Å². The third-order valence-corrected chi connectivity index (χ3v) is 7.99. The van der Waals surface area contributed by atoms with Crippen molar-refractivity contribution in [2.45, 2.75) is 66.5 Å². The lowest BCUT2D eigenvalue weighted by Gasteiger charge is -2.24. The first-order valence-electron chi connectivity index (χ1n) is 13.9. The lowest BCUT2D eigenvalue weighted by Crippen LogP contribution is -2.27. The number of aliphatic hydroxyl groups is 1. The van der Waals surface area contributed by atoms with Crippen LogP contribution in [0, 0.1) is 17.3 Å². The fourth-order valence-electron chi connectivity index (χ4n) is 5.92. The number of aromatic amines is 1. The van der Waals surface area contributed by atoms with Crippen molar-refractivity contribution in [2.24, 2.45) is 22.2 Å². The summed E-state index contributed by atoms with van der Waals surface area (Å²) in [4.78, 5) is 31.8. The van der Waals surface area contributed by atoms with Gasteiger partial charge in [0, 0.05) is 46.6 Å². The van der Waals surface area contributed by atoms with E-state index in [-0.39, 0.29) is 35.8 Å². The van der Waals surface area contributed by atoms with Crippen LogP contribution < -0.4 is 0 Å². The molecule has 2 heterocycles. The van der Waals surface area contributed by atoms with Crippen LogP contribution in [-0.2, 0) is 19.4 Å². The number of aromatic nitrogens is 2. The van der Waals surface area contributed by atoms with E-state index in [1.165, 1.54) is 11.3 Å². The molecule has 1 aromatic heterocycles. The number of fused-ring (bicyclic) bond motifs is 2. The summed E-state index contributed by atoms with van der Waals surface area (Å²) >= 11 is 0. The fraction of sp³-hybridized carbons (Fsp3) is 0.438. The number of amides is 2. The first kappa shape index (κ1) is 27.0. The minimum absolute atomic E-state index is 0.0161. The van der Waals surface area contributed by atoms with Crippen molar-refractivity contribution in [3.05, 3.63) is 76.0 Å². The Morgan fingerprint density at radius 2 is 1.90 bits per heavy atom. The van der Waals surface area contributed by atoms with E-state index in [1.807, 2.05) is 36.1 Å². The van der Waals surface area contributed by atoms with Crippen molar-refractivity contribution in [2.75, 3.05) is 6.61 Å². The van der Waals surface area contributed by atoms with E-state index in [4.69, 9.17) is 0 Å². The molecule has 204 valence electrons. The zero-order valence-electron chi connectivity index (χ0n) is 23.5. The summed E-state index contributed by atoms with van der Waals surface area (Å²) in [6.07, 6.45) is 4.34. The Morgan fingerprint density at radius 1 is 1.15 bits per heavy atom. The molecule has 0 radical (unpaired) electrons. The Morgan fingerprint density at radius 3 is 2.59 bits per heavy atom. The van der Waals surface area contributed by atoms with Crippen LogP contribution in [-0.4, -0.2) is 44.8 Å². The molecule has 1 unspecified atom stereocenters. The summed E-state index contributed by atoms with van der Waals surface area (Å²) < 4.78 is 0. The molecule has 2 aromatic carbocycles. The Balaban J connectivity index is 1.28. The Labute approximate surface area is 230 Å². The number of hydrogen-bond donors (Lipinski definition) is 2. The van der Waals surface area contributed by atoms with Gasteiger partial charge < -0.3 is 10.0 Å². The van der Waals surface area contributed by atoms with Gasteiger partial charge in [0.15, 0.2) is 0 Å². The third kappa shape index (κ3) is 5.46. The first-order chi connectivity index (χ1) is 18.6. The maximum atomic E-state index is 13.3. The predicted molar refractivity (Wildman–Crippen MR) is 153 cm³/mol. The number of benzene rings is 2. The molecule has 39 heavy (non-hydrogen) atoms. The van der Waals surface area contributed by atoms with Crippen LogP contribution in [0.15, 0.2) is 47.5 Å². The average Bonchev–Trinajstić information content (AvgIpc) is 3.54. The van der Waals surface area contributed by atoms with E-state index in [2.05, 4.69) is 49.0 Å². The molecule has 7 nitrogen and oxygen atoms in total. The highest BCUT2D eigenvalue weighted by Crippen LogP contribution is 2.41. The Kier molecular flexibility index (Phi) is 7.29. The number of rotatable bonds is 8. The molecule has 0 bridgehead atoms. The maximum absolute atomic E-state index is 13.3. The molecule has 2 amide bonds. The highest BCUT2D eigenvalue weighted by atomic mass is 16.3. The number of nitrogens with zero attached hydrogens (tertiary/aromatic N) is 3. The monoisotopic (exact) mass is 526 g/mol. The van der Waals surface area contributed by atoms with Gasteiger partial charge in [-0.1, -0.05) is 45.9 Å². The van der Waals surface area contributed by atoms with Crippen LogP contribution >= 0.6 is 0 Å². The molecule has 7 heteroatoms. The van der Waals surface area contributed by atoms with E-state index in [9.17, 15) is 14.7 Å². The van der Waals surface area contributed by atoms with E-state index in [0.29, 0.717) is 18.0 Å². The van der Waals surface area contributed by atoms with Crippen LogP contribution in [0.2, 0.25) is 0 Å². The van der Waals surface area contributed by atoms with Gasteiger partial charge in [0.25, 0.3) is 11.8 Å². The molecule has 0 saturated carbocycles. The summed E-state index contributed by atoms with van der Waals surface area (Å²) in [6.45, 7) is 11.2. The minimum Gasteiger partial charge on any atom is -0.396 e. The molecule has 2 N–H and O–H groups in total. The second-order valence-corrected chi connectivity index (χ2v) is 12.3. The average molecular weight is 527 g/mol. The molecule has 0 saturated heterocycles. The zero-order valence-corrected chi connectivity index (χ0v) is 23.5. The van der Waals surface area contributed by atoms with Gasteiger partial charge in [-0.15, -0.1) is 0 Å². The Bertz CT molecular complexity index is 1420. The molecule has 1 aliphatic heterocycles. The SMILES string of the molecule is CC(C)CC(C=NC(=O)c1ccc([C@@H](C)N2Cc3cc(-c4n[nH]c5c4CC(C)(C)C5)ccc3C2=O)cc1)CO. The summed E-state index contributed by atoms with van der Waals surface area (Å²) in [7, 11) is 0. The second-order valence-electron chi connectivity index (χ2n) is 12.3. The first-order valence-corrected chi connectivity index (χ1v) is 13.9. The quantitative estimate of drug-likeness (QED) is 0.363. The molecule has 1 aliphatic carbocycles. The van der Waals surface area contributed by atoms with Crippen molar-refractivity contribution in [1.29, 1.82) is 0 Å². The molecular formula is C32H38N4O3. The van der Waals surface area contributed by atoms with Crippen LogP contribution in [0.25, 0.3) is 11.3 Å². The van der Waals surface area contributed by atoms with Gasteiger partial charge in [-0.25, -0.2) is 4.99 Å². The highest BCUT2D eigenvalue weighted by Gasteiger charge is 2.35. The van der Waals surface area contributed by atoms with Gasteiger partial charge in [0.05, 0.1) is 18.3 Å². The summed E-state index contributed by atoms with van der Waals surface area (Å²) in [5.74, 6) is -0.0319. The lowest BCUT2D eigenvalue weighted by molar-refractivity contribution is 0.0715. The van der Waals surface area contributed by atoms with E-state index >= 15 is 0 Å². The number of carbonyl (C=O) groups excluding carboxylic acids is 2. The van der Waals surface area contributed by atoms with Gasteiger partial charge in [0.2, 0.25) is 0 Å². The predicted octanol–water partition coefficient (Wildman–Crippen LogP) is 5.78. The van der Waals surface area contributed by atoms with Crippen LogP contribution in [0.3, 0.4) is 0 Å². The number of carbonyl (C=O) groups is 2. The topological polar surface area (TPSA) is 98.7 Å². The lowest BCUT2D eigenvalue weighted by atomic mass is 9.90. The van der Waals surface area contributed by atoms with Gasteiger partial charge in [-0.05, 0) is 72.9 Å². The molecule has 5 rings (SSSR count). The molecule has 2 atom stereocenters. The van der Waals surface area contributed by atoms with Gasteiger partial charge in [0.1, 0.15) is 0 Å². The fourth-order valence-corrected chi connectivity index (χ4v) is 5.92. The molecule has 0 fully saturated rings. The standard InChI is InChI=1S/C32H38N4O3/c1-19(2)12-21(18-37)16-33-30(38)23-8-6-22(7-9-23)20(3)36-17-25-13-24(10-11-26(25)31(36)39)29-27-14-32(4,5)15-28(27)34-35-29/h6-11,13,16,19-21,37H,12,14-15,17-18H2,1-5H3,(H,34,35)/t20-,21?/m1/s1. The summed E-state index contributed by atoms with van der Waals surface area (Å²) in [5.41, 5.74) is 7.98.